The third kappa shape index (κ3) is 4.71. The zero-order valence-corrected chi connectivity index (χ0v) is 12.6. The summed E-state index contributed by atoms with van der Waals surface area (Å²) in [5.41, 5.74) is -0.315. The van der Waals surface area contributed by atoms with E-state index in [-0.39, 0.29) is 5.91 Å². The monoisotopic (exact) mass is 317 g/mol. The second kappa shape index (κ2) is 7.11. The molecular formula is C15H22F3N3O+2. The Morgan fingerprint density at radius 2 is 1.64 bits per heavy atom. The summed E-state index contributed by atoms with van der Waals surface area (Å²) in [6.45, 7) is 7.62. The van der Waals surface area contributed by atoms with Gasteiger partial charge >= 0.3 is 6.18 Å². The summed E-state index contributed by atoms with van der Waals surface area (Å²) in [6, 6.07) is 4.53. The molecule has 1 aliphatic heterocycles. The van der Waals surface area contributed by atoms with Crippen LogP contribution >= 0.6 is 0 Å². The molecule has 7 heteroatoms. The number of hydrogen-bond donors (Lipinski definition) is 3. The number of nitrogens with one attached hydrogen (secondary N) is 3. The molecule has 1 aromatic carbocycles. The topological polar surface area (TPSA) is 38.0 Å². The van der Waals surface area contributed by atoms with E-state index in [1.165, 1.54) is 17.0 Å². The summed E-state index contributed by atoms with van der Waals surface area (Å²) in [5, 5.41) is 2.66. The smallest absolute Gasteiger partial charge is 0.326 e. The molecule has 0 atom stereocenters. The number of carbonyl (C=O) groups is 1. The van der Waals surface area contributed by atoms with Gasteiger partial charge in [-0.1, -0.05) is 0 Å². The van der Waals surface area contributed by atoms with Crippen LogP contribution in [-0.4, -0.2) is 45.2 Å². The maximum atomic E-state index is 12.5. The fraction of sp³-hybridized carbons (Fsp3) is 0.533. The van der Waals surface area contributed by atoms with E-state index in [9.17, 15) is 18.0 Å². The normalized spacial score (nSPS) is 22.4. The van der Waals surface area contributed by atoms with Crippen molar-refractivity contribution in [3.63, 3.8) is 0 Å². The zero-order valence-electron chi connectivity index (χ0n) is 12.6. The van der Waals surface area contributed by atoms with E-state index in [0.29, 0.717) is 12.2 Å². The van der Waals surface area contributed by atoms with Crippen molar-refractivity contribution in [2.24, 2.45) is 0 Å². The zero-order chi connectivity index (χ0) is 16.2. The molecule has 1 aliphatic rings. The first-order valence-corrected chi connectivity index (χ1v) is 7.52. The lowest BCUT2D eigenvalue weighted by Gasteiger charge is -2.28. The van der Waals surface area contributed by atoms with E-state index < -0.39 is 11.7 Å². The SMILES string of the molecule is CC[NH+]1CC[NH+](CC(=O)Nc2ccc(C(F)(F)F)cc2)CC1. The molecule has 122 valence electrons. The summed E-state index contributed by atoms with van der Waals surface area (Å²) in [5.74, 6) is -0.158. The van der Waals surface area contributed by atoms with Gasteiger partial charge in [0.25, 0.3) is 5.91 Å². The van der Waals surface area contributed by atoms with Crippen molar-refractivity contribution in [1.29, 1.82) is 0 Å². The molecule has 1 heterocycles. The van der Waals surface area contributed by atoms with E-state index in [2.05, 4.69) is 12.2 Å². The second-order valence-corrected chi connectivity index (χ2v) is 5.65. The Kier molecular flexibility index (Phi) is 5.42. The van der Waals surface area contributed by atoms with Crippen LogP contribution in [0.1, 0.15) is 12.5 Å². The second-order valence-electron chi connectivity index (χ2n) is 5.65. The minimum atomic E-state index is -4.35. The molecule has 0 spiro atoms. The summed E-state index contributed by atoms with van der Waals surface area (Å²) in [7, 11) is 0. The van der Waals surface area contributed by atoms with Crippen molar-refractivity contribution >= 4 is 11.6 Å². The molecule has 0 bridgehead atoms. The summed E-state index contributed by atoms with van der Waals surface area (Å²) in [4.78, 5) is 14.7. The van der Waals surface area contributed by atoms with Crippen LogP contribution in [0.15, 0.2) is 24.3 Å². The highest BCUT2D eigenvalue weighted by Gasteiger charge is 2.30. The molecule has 22 heavy (non-hydrogen) atoms. The number of quaternary nitrogens is 2. The maximum Gasteiger partial charge on any atom is 0.416 e. The quantitative estimate of drug-likeness (QED) is 0.685. The Balaban J connectivity index is 1.82. The summed E-state index contributed by atoms with van der Waals surface area (Å²) >= 11 is 0. The van der Waals surface area contributed by atoms with Gasteiger partial charge in [0, 0.05) is 5.69 Å². The predicted molar refractivity (Wildman–Crippen MR) is 76.9 cm³/mol. The first kappa shape index (κ1) is 16.8. The molecule has 1 fully saturated rings. The van der Waals surface area contributed by atoms with E-state index in [0.717, 1.165) is 44.9 Å². The van der Waals surface area contributed by atoms with Gasteiger partial charge in [-0.25, -0.2) is 0 Å². The lowest BCUT2D eigenvalue weighted by atomic mass is 10.2. The Morgan fingerprint density at radius 1 is 1.09 bits per heavy atom. The molecule has 0 radical (unpaired) electrons. The first-order valence-electron chi connectivity index (χ1n) is 7.52. The summed E-state index contributed by atoms with van der Waals surface area (Å²) in [6.07, 6.45) is -4.35. The van der Waals surface area contributed by atoms with E-state index in [4.69, 9.17) is 0 Å². The predicted octanol–water partition coefficient (Wildman–Crippen LogP) is -0.553. The van der Waals surface area contributed by atoms with Crippen molar-refractivity contribution in [3.8, 4) is 0 Å². The van der Waals surface area contributed by atoms with Crippen LogP contribution in [-0.2, 0) is 11.0 Å². The molecule has 4 nitrogen and oxygen atoms in total. The molecular weight excluding hydrogens is 295 g/mol. The van der Waals surface area contributed by atoms with Crippen molar-refractivity contribution < 1.29 is 27.8 Å². The van der Waals surface area contributed by atoms with Crippen molar-refractivity contribution in [1.82, 2.24) is 0 Å². The Labute approximate surface area is 127 Å². The van der Waals surface area contributed by atoms with Crippen LogP contribution < -0.4 is 15.1 Å². The highest BCUT2D eigenvalue weighted by molar-refractivity contribution is 5.91. The van der Waals surface area contributed by atoms with Crippen LogP contribution in [0.3, 0.4) is 0 Å². The van der Waals surface area contributed by atoms with Crippen molar-refractivity contribution in [2.75, 3.05) is 44.6 Å². The fourth-order valence-electron chi connectivity index (χ4n) is 2.66. The Hall–Kier alpha value is -1.60. The van der Waals surface area contributed by atoms with Gasteiger partial charge in [-0.05, 0) is 31.2 Å². The number of alkyl halides is 3. The van der Waals surface area contributed by atoms with Crippen LogP contribution in [0.5, 0.6) is 0 Å². The molecule has 0 aliphatic carbocycles. The number of benzene rings is 1. The standard InChI is InChI=1S/C15H20F3N3O/c1-2-20-7-9-21(10-8-20)11-14(22)19-13-5-3-12(4-6-13)15(16,17)18/h3-6H,2,7-11H2,1H3,(H,19,22)/p+2. The third-order valence-corrected chi connectivity index (χ3v) is 4.07. The molecule has 3 N–H and O–H groups in total. The van der Waals surface area contributed by atoms with Gasteiger partial charge in [-0.15, -0.1) is 0 Å². The number of likely N-dealkylation sites (N-methyl/N-ethyl adjacent to an activating group) is 1. The van der Waals surface area contributed by atoms with E-state index in [1.807, 2.05) is 0 Å². The number of hydrogen-bond acceptors (Lipinski definition) is 1. The van der Waals surface area contributed by atoms with E-state index in [1.54, 1.807) is 4.90 Å². The number of piperazine rings is 1. The minimum absolute atomic E-state index is 0.158. The molecule has 0 aromatic heterocycles. The number of carbonyl (C=O) groups excluding carboxylic acids is 1. The number of rotatable bonds is 4. The molecule has 2 rings (SSSR count). The van der Waals surface area contributed by atoms with E-state index >= 15 is 0 Å². The van der Waals surface area contributed by atoms with Crippen molar-refractivity contribution in [2.45, 2.75) is 13.1 Å². The number of amides is 1. The summed E-state index contributed by atoms with van der Waals surface area (Å²) < 4.78 is 37.4. The Morgan fingerprint density at radius 3 is 2.14 bits per heavy atom. The van der Waals surface area contributed by atoms with Gasteiger partial charge in [-0.2, -0.15) is 13.2 Å². The van der Waals surface area contributed by atoms with Crippen LogP contribution in [0.25, 0.3) is 0 Å². The van der Waals surface area contributed by atoms with Crippen LogP contribution in [0.4, 0.5) is 18.9 Å². The molecule has 1 saturated heterocycles. The van der Waals surface area contributed by atoms with Crippen LogP contribution in [0, 0.1) is 0 Å². The third-order valence-electron chi connectivity index (χ3n) is 4.07. The highest BCUT2D eigenvalue weighted by atomic mass is 19.4. The first-order chi connectivity index (χ1) is 10.4. The van der Waals surface area contributed by atoms with Crippen LogP contribution in [0.2, 0.25) is 0 Å². The fourth-order valence-corrected chi connectivity index (χ4v) is 2.66. The number of anilines is 1. The average molecular weight is 317 g/mol. The van der Waals surface area contributed by atoms with Crippen molar-refractivity contribution in [3.05, 3.63) is 29.8 Å². The molecule has 0 saturated carbocycles. The van der Waals surface area contributed by atoms with Gasteiger partial charge in [0.1, 0.15) is 26.2 Å². The lowest BCUT2D eigenvalue weighted by Crippen LogP contribution is -3.28. The highest BCUT2D eigenvalue weighted by Crippen LogP contribution is 2.29. The number of halogens is 3. The maximum absolute atomic E-state index is 12.5. The van der Waals surface area contributed by atoms with Gasteiger partial charge in [0.2, 0.25) is 0 Å². The lowest BCUT2D eigenvalue weighted by molar-refractivity contribution is -1.01. The molecule has 1 amide bonds. The average Bonchev–Trinajstić information content (AvgIpc) is 2.47. The largest absolute Gasteiger partial charge is 0.416 e. The molecule has 0 unspecified atom stereocenters. The minimum Gasteiger partial charge on any atom is -0.326 e. The Bertz CT molecular complexity index is 494. The van der Waals surface area contributed by atoms with Gasteiger partial charge < -0.3 is 15.1 Å². The van der Waals surface area contributed by atoms with Gasteiger partial charge in [0.15, 0.2) is 6.54 Å². The van der Waals surface area contributed by atoms with Gasteiger partial charge in [-0.3, -0.25) is 4.79 Å². The molecule has 1 aromatic rings. The van der Waals surface area contributed by atoms with Gasteiger partial charge in [0.05, 0.1) is 12.1 Å².